The number of methoxy groups -OCH3 is 1. The molecular formula is C17H16F5N3O3. The zero-order chi connectivity index (χ0) is 20.5. The molecule has 0 bridgehead atoms. The third kappa shape index (κ3) is 4.70. The van der Waals surface area contributed by atoms with Gasteiger partial charge in [-0.3, -0.25) is 9.48 Å². The topological polar surface area (TPSA) is 65.4 Å². The third-order valence-electron chi connectivity index (χ3n) is 4.05. The maximum atomic E-state index is 12.9. The molecule has 1 amide bonds. The molecular weight excluding hydrogens is 389 g/mol. The monoisotopic (exact) mass is 405 g/mol. The quantitative estimate of drug-likeness (QED) is 0.707. The Morgan fingerprint density at radius 2 is 2.00 bits per heavy atom. The van der Waals surface area contributed by atoms with E-state index in [9.17, 15) is 26.7 Å². The average molecular weight is 405 g/mol. The van der Waals surface area contributed by atoms with Crippen molar-refractivity contribution in [3.8, 4) is 11.5 Å². The molecule has 6 nitrogen and oxygen atoms in total. The van der Waals surface area contributed by atoms with Crippen molar-refractivity contribution in [2.45, 2.75) is 38.1 Å². The van der Waals surface area contributed by atoms with Crippen LogP contribution in [0.3, 0.4) is 0 Å². The molecule has 1 N–H and O–H groups in total. The van der Waals surface area contributed by atoms with Crippen molar-refractivity contribution in [3.63, 3.8) is 0 Å². The Kier molecular flexibility index (Phi) is 5.43. The maximum absolute atomic E-state index is 12.9. The van der Waals surface area contributed by atoms with E-state index in [1.54, 1.807) is 0 Å². The van der Waals surface area contributed by atoms with Gasteiger partial charge in [-0.25, -0.2) is 0 Å². The first-order chi connectivity index (χ1) is 13.2. The van der Waals surface area contributed by atoms with Crippen LogP contribution in [0.2, 0.25) is 0 Å². The van der Waals surface area contributed by atoms with E-state index >= 15 is 0 Å². The summed E-state index contributed by atoms with van der Waals surface area (Å²) in [5.41, 5.74) is -0.474. The SMILES string of the molecule is COc1cc(NC(=O)Cn2nc(C(F)(F)F)cc2C2CC2)ccc1OC(F)F. The number of nitrogens with zero attached hydrogens (tertiary/aromatic N) is 2. The summed E-state index contributed by atoms with van der Waals surface area (Å²) in [7, 11) is 1.24. The summed E-state index contributed by atoms with van der Waals surface area (Å²) >= 11 is 0. The first-order valence-corrected chi connectivity index (χ1v) is 8.25. The lowest BCUT2D eigenvalue weighted by atomic mass is 10.2. The summed E-state index contributed by atoms with van der Waals surface area (Å²) in [6, 6.07) is 4.72. The van der Waals surface area contributed by atoms with Gasteiger partial charge in [0.25, 0.3) is 0 Å². The lowest BCUT2D eigenvalue weighted by molar-refractivity contribution is -0.141. The fourth-order valence-corrected chi connectivity index (χ4v) is 2.68. The van der Waals surface area contributed by atoms with Gasteiger partial charge in [-0.15, -0.1) is 0 Å². The lowest BCUT2D eigenvalue weighted by Gasteiger charge is -2.12. The molecule has 3 rings (SSSR count). The minimum Gasteiger partial charge on any atom is -0.493 e. The van der Waals surface area contributed by atoms with Crippen molar-refractivity contribution in [2.75, 3.05) is 12.4 Å². The molecule has 0 unspecified atom stereocenters. The lowest BCUT2D eigenvalue weighted by Crippen LogP contribution is -2.21. The number of rotatable bonds is 7. The number of amides is 1. The van der Waals surface area contributed by atoms with Gasteiger partial charge in [-0.05, 0) is 31.0 Å². The van der Waals surface area contributed by atoms with Crippen LogP contribution in [0.25, 0.3) is 0 Å². The van der Waals surface area contributed by atoms with Crippen LogP contribution in [-0.4, -0.2) is 29.4 Å². The van der Waals surface area contributed by atoms with Gasteiger partial charge in [0.2, 0.25) is 5.91 Å². The maximum Gasteiger partial charge on any atom is 0.435 e. The van der Waals surface area contributed by atoms with E-state index < -0.39 is 30.9 Å². The highest BCUT2D eigenvalue weighted by Gasteiger charge is 2.38. The molecule has 2 aromatic rings. The number of carbonyl (C=O) groups excluding carboxylic acids is 1. The molecule has 11 heteroatoms. The number of hydrogen-bond donors (Lipinski definition) is 1. The molecule has 0 radical (unpaired) electrons. The van der Waals surface area contributed by atoms with E-state index in [1.165, 1.54) is 25.3 Å². The highest BCUT2D eigenvalue weighted by molar-refractivity contribution is 5.91. The fourth-order valence-electron chi connectivity index (χ4n) is 2.68. The Bertz CT molecular complexity index is 862. The normalized spacial score (nSPS) is 14.2. The van der Waals surface area contributed by atoms with Gasteiger partial charge in [0.1, 0.15) is 6.54 Å². The van der Waals surface area contributed by atoms with Crippen LogP contribution in [0.15, 0.2) is 24.3 Å². The zero-order valence-corrected chi connectivity index (χ0v) is 14.6. The molecule has 1 aliphatic carbocycles. The van der Waals surface area contributed by atoms with E-state index in [4.69, 9.17) is 4.74 Å². The Hall–Kier alpha value is -2.85. The molecule has 0 saturated heterocycles. The second kappa shape index (κ2) is 7.64. The Morgan fingerprint density at radius 1 is 1.29 bits per heavy atom. The van der Waals surface area contributed by atoms with Crippen LogP contribution < -0.4 is 14.8 Å². The van der Waals surface area contributed by atoms with Crippen molar-refractivity contribution in [3.05, 3.63) is 35.7 Å². The second-order valence-corrected chi connectivity index (χ2v) is 6.18. The molecule has 1 fully saturated rings. The Morgan fingerprint density at radius 3 is 2.57 bits per heavy atom. The fraction of sp³-hybridized carbons (Fsp3) is 0.412. The standard InChI is InChI=1S/C17H16F5N3O3/c1-27-13-6-10(4-5-12(13)28-16(18)19)23-15(26)8-25-11(9-2-3-9)7-14(24-25)17(20,21)22/h4-7,9,16H,2-3,8H2,1H3,(H,23,26). The molecule has 152 valence electrons. The average Bonchev–Trinajstić information content (AvgIpc) is 3.35. The first-order valence-electron chi connectivity index (χ1n) is 8.25. The summed E-state index contributed by atoms with van der Waals surface area (Å²) < 4.78 is 73.7. The minimum atomic E-state index is -4.60. The number of aromatic nitrogens is 2. The van der Waals surface area contributed by atoms with E-state index in [0.717, 1.165) is 23.6 Å². The number of nitrogens with one attached hydrogen (secondary N) is 1. The van der Waals surface area contributed by atoms with Gasteiger partial charge in [0.05, 0.1) is 7.11 Å². The number of halogens is 5. The van der Waals surface area contributed by atoms with Crippen molar-refractivity contribution in [1.82, 2.24) is 9.78 Å². The number of anilines is 1. The molecule has 1 saturated carbocycles. The molecule has 0 atom stereocenters. The first kappa shape index (κ1) is 19.9. The van der Waals surface area contributed by atoms with Crippen LogP contribution >= 0.6 is 0 Å². The summed E-state index contributed by atoms with van der Waals surface area (Å²) in [4.78, 5) is 12.3. The number of hydrogen-bond acceptors (Lipinski definition) is 4. The molecule has 1 heterocycles. The Balaban J connectivity index is 1.73. The van der Waals surface area contributed by atoms with Gasteiger partial charge in [0.15, 0.2) is 17.2 Å². The summed E-state index contributed by atoms with van der Waals surface area (Å²) in [6.07, 6.45) is -3.11. The predicted octanol–water partition coefficient (Wildman–Crippen LogP) is 4.03. The van der Waals surface area contributed by atoms with Crippen LogP contribution in [0.5, 0.6) is 11.5 Å². The molecule has 28 heavy (non-hydrogen) atoms. The molecule has 1 aromatic carbocycles. The van der Waals surface area contributed by atoms with Crippen molar-refractivity contribution < 1.29 is 36.2 Å². The molecule has 0 spiro atoms. The molecule has 0 aliphatic heterocycles. The summed E-state index contributed by atoms with van der Waals surface area (Å²) in [5.74, 6) is -0.908. The predicted molar refractivity (Wildman–Crippen MR) is 87.5 cm³/mol. The van der Waals surface area contributed by atoms with Crippen LogP contribution in [0.1, 0.15) is 30.1 Å². The van der Waals surface area contributed by atoms with Gasteiger partial charge in [0, 0.05) is 23.4 Å². The smallest absolute Gasteiger partial charge is 0.435 e. The van der Waals surface area contributed by atoms with Gasteiger partial charge >= 0.3 is 12.8 Å². The second-order valence-electron chi connectivity index (χ2n) is 6.18. The number of benzene rings is 1. The summed E-state index contributed by atoms with van der Waals surface area (Å²) in [5, 5.41) is 5.98. The number of alkyl halides is 5. The van der Waals surface area contributed by atoms with Crippen molar-refractivity contribution >= 4 is 11.6 Å². The molecule has 1 aliphatic rings. The van der Waals surface area contributed by atoms with Gasteiger partial charge in [-0.2, -0.15) is 27.1 Å². The van der Waals surface area contributed by atoms with E-state index in [1.807, 2.05) is 0 Å². The van der Waals surface area contributed by atoms with Gasteiger partial charge in [-0.1, -0.05) is 0 Å². The number of ether oxygens (including phenoxy) is 2. The highest BCUT2D eigenvalue weighted by Crippen LogP contribution is 2.42. The van der Waals surface area contributed by atoms with E-state index in [-0.39, 0.29) is 23.1 Å². The Labute approximate surface area is 156 Å². The van der Waals surface area contributed by atoms with Gasteiger partial charge < -0.3 is 14.8 Å². The van der Waals surface area contributed by atoms with Crippen molar-refractivity contribution in [1.29, 1.82) is 0 Å². The zero-order valence-electron chi connectivity index (χ0n) is 14.6. The summed E-state index contributed by atoms with van der Waals surface area (Å²) in [6.45, 7) is -3.46. The number of carbonyl (C=O) groups is 1. The minimum absolute atomic E-state index is 0.0322. The largest absolute Gasteiger partial charge is 0.493 e. The van der Waals surface area contributed by atoms with Crippen LogP contribution in [-0.2, 0) is 17.5 Å². The van der Waals surface area contributed by atoms with Crippen LogP contribution in [0.4, 0.5) is 27.6 Å². The third-order valence-corrected chi connectivity index (χ3v) is 4.05. The van der Waals surface area contributed by atoms with E-state index in [0.29, 0.717) is 5.69 Å². The highest BCUT2D eigenvalue weighted by atomic mass is 19.4. The van der Waals surface area contributed by atoms with Crippen molar-refractivity contribution in [2.24, 2.45) is 0 Å². The van der Waals surface area contributed by atoms with E-state index in [2.05, 4.69) is 15.2 Å². The van der Waals surface area contributed by atoms with Crippen LogP contribution in [0, 0.1) is 0 Å². The molecule has 1 aromatic heterocycles.